The highest BCUT2D eigenvalue weighted by molar-refractivity contribution is 5.34. The maximum atomic E-state index is 3.51. The minimum absolute atomic E-state index is 0.383. The molecule has 1 aromatic rings. The van der Waals surface area contributed by atoms with Crippen molar-refractivity contribution in [3.05, 3.63) is 35.9 Å². The number of rotatable bonds is 0. The molecule has 2 rings (SSSR count). The highest BCUT2D eigenvalue weighted by Gasteiger charge is 2.14. The topological polar surface area (TPSA) is 12.0 Å². The van der Waals surface area contributed by atoms with Crippen molar-refractivity contribution in [1.29, 1.82) is 0 Å². The van der Waals surface area contributed by atoms with Crippen LogP contribution in [0.1, 0.15) is 31.7 Å². The first kappa shape index (κ1) is 10.3. The van der Waals surface area contributed by atoms with Crippen LogP contribution in [-0.4, -0.2) is 12.1 Å². The van der Waals surface area contributed by atoms with Crippen LogP contribution < -0.4 is 5.32 Å². The van der Waals surface area contributed by atoms with Crippen LogP contribution in [0.5, 0.6) is 0 Å². The molecule has 1 nitrogen and oxygen atoms in total. The zero-order valence-electron chi connectivity index (χ0n) is 9.16. The Morgan fingerprint density at radius 3 is 2.73 bits per heavy atom. The molecule has 0 saturated carbocycles. The molecule has 0 bridgehead atoms. The first-order chi connectivity index (χ1) is 7.34. The Labute approximate surface area is 91.9 Å². The molecular formula is C14H17N. The predicted molar refractivity (Wildman–Crippen MR) is 63.6 cm³/mol. The summed E-state index contributed by atoms with van der Waals surface area (Å²) in [6, 6.07) is 11.2. The van der Waals surface area contributed by atoms with Crippen LogP contribution >= 0.6 is 0 Å². The van der Waals surface area contributed by atoms with Crippen LogP contribution in [0.4, 0.5) is 0 Å². The normalized spacial score (nSPS) is 25.4. The summed E-state index contributed by atoms with van der Waals surface area (Å²) in [6.07, 6.45) is 3.76. The van der Waals surface area contributed by atoms with E-state index in [1.165, 1.54) is 19.3 Å². The summed E-state index contributed by atoms with van der Waals surface area (Å²) >= 11 is 0. The lowest BCUT2D eigenvalue weighted by atomic mass is 10.00. The Morgan fingerprint density at radius 1 is 1.20 bits per heavy atom. The summed E-state index contributed by atoms with van der Waals surface area (Å²) in [7, 11) is 0. The molecule has 1 saturated heterocycles. The second-order valence-electron chi connectivity index (χ2n) is 4.19. The molecule has 0 aromatic heterocycles. The highest BCUT2D eigenvalue weighted by Crippen LogP contribution is 2.11. The molecule has 2 unspecified atom stereocenters. The minimum atomic E-state index is 0.383. The number of hydrogen-bond acceptors (Lipinski definition) is 1. The van der Waals surface area contributed by atoms with Gasteiger partial charge in [-0.3, -0.25) is 0 Å². The monoisotopic (exact) mass is 199 g/mol. The molecule has 78 valence electrons. The fraction of sp³-hybridized carbons (Fsp3) is 0.429. The second kappa shape index (κ2) is 5.00. The lowest BCUT2D eigenvalue weighted by Crippen LogP contribution is -2.39. The van der Waals surface area contributed by atoms with Crippen LogP contribution in [-0.2, 0) is 0 Å². The molecule has 1 aliphatic rings. The van der Waals surface area contributed by atoms with Crippen molar-refractivity contribution in [2.24, 2.45) is 0 Å². The van der Waals surface area contributed by atoms with E-state index < -0.39 is 0 Å². The molecule has 1 heteroatoms. The number of nitrogens with one attached hydrogen (secondary N) is 1. The van der Waals surface area contributed by atoms with Crippen LogP contribution in [0.15, 0.2) is 30.3 Å². The maximum Gasteiger partial charge on any atom is 0.0695 e. The van der Waals surface area contributed by atoms with E-state index in [0.29, 0.717) is 12.1 Å². The third kappa shape index (κ3) is 3.11. The standard InChI is InChI=1S/C14H17N/c1-12-6-5-9-14(15-12)11-10-13-7-3-2-4-8-13/h2-4,7-8,12,14-15H,5-6,9H2,1H3. The molecule has 0 aliphatic carbocycles. The Kier molecular flexibility index (Phi) is 3.42. The van der Waals surface area contributed by atoms with Gasteiger partial charge in [-0.1, -0.05) is 30.0 Å². The van der Waals surface area contributed by atoms with Gasteiger partial charge in [-0.25, -0.2) is 0 Å². The van der Waals surface area contributed by atoms with Gasteiger partial charge in [-0.2, -0.15) is 0 Å². The third-order valence-corrected chi connectivity index (χ3v) is 2.78. The van der Waals surface area contributed by atoms with E-state index >= 15 is 0 Å². The molecule has 0 amide bonds. The van der Waals surface area contributed by atoms with Crippen molar-refractivity contribution in [3.8, 4) is 11.8 Å². The van der Waals surface area contributed by atoms with E-state index in [9.17, 15) is 0 Å². The SMILES string of the molecule is CC1CCCC(C#Cc2ccccc2)N1. The maximum absolute atomic E-state index is 3.51. The third-order valence-electron chi connectivity index (χ3n) is 2.78. The summed E-state index contributed by atoms with van der Waals surface area (Å²) in [4.78, 5) is 0. The Balaban J connectivity index is 1.99. The van der Waals surface area contributed by atoms with Gasteiger partial charge in [0.1, 0.15) is 0 Å². The molecule has 0 radical (unpaired) electrons. The van der Waals surface area contributed by atoms with Gasteiger partial charge in [0.25, 0.3) is 0 Å². The van der Waals surface area contributed by atoms with Crippen molar-refractivity contribution in [1.82, 2.24) is 5.32 Å². The molecule has 1 N–H and O–H groups in total. The summed E-state index contributed by atoms with van der Waals surface area (Å²) in [5.74, 6) is 6.53. The molecule has 2 atom stereocenters. The zero-order chi connectivity index (χ0) is 10.5. The van der Waals surface area contributed by atoms with E-state index in [2.05, 4.69) is 36.2 Å². The first-order valence-corrected chi connectivity index (χ1v) is 5.67. The van der Waals surface area contributed by atoms with Crippen molar-refractivity contribution in [3.63, 3.8) is 0 Å². The van der Waals surface area contributed by atoms with Gasteiger partial charge in [0.15, 0.2) is 0 Å². The first-order valence-electron chi connectivity index (χ1n) is 5.67. The zero-order valence-corrected chi connectivity index (χ0v) is 9.16. The van der Waals surface area contributed by atoms with E-state index in [1.807, 2.05) is 18.2 Å². The predicted octanol–water partition coefficient (Wildman–Crippen LogP) is 2.57. The van der Waals surface area contributed by atoms with Gasteiger partial charge >= 0.3 is 0 Å². The Morgan fingerprint density at radius 2 is 2.00 bits per heavy atom. The van der Waals surface area contributed by atoms with E-state index in [-0.39, 0.29) is 0 Å². The summed E-state index contributed by atoms with van der Waals surface area (Å²) < 4.78 is 0. The molecule has 1 fully saturated rings. The lowest BCUT2D eigenvalue weighted by Gasteiger charge is -2.24. The van der Waals surface area contributed by atoms with E-state index in [0.717, 1.165) is 5.56 Å². The largest absolute Gasteiger partial charge is 0.301 e. The van der Waals surface area contributed by atoms with Crippen molar-refractivity contribution in [2.75, 3.05) is 0 Å². The van der Waals surface area contributed by atoms with Crippen LogP contribution in [0, 0.1) is 11.8 Å². The second-order valence-corrected chi connectivity index (χ2v) is 4.19. The summed E-state index contributed by atoms with van der Waals surface area (Å²) in [6.45, 7) is 2.23. The quantitative estimate of drug-likeness (QED) is 0.633. The minimum Gasteiger partial charge on any atom is -0.301 e. The molecule has 0 spiro atoms. The molecule has 1 aliphatic heterocycles. The van der Waals surface area contributed by atoms with Gasteiger partial charge in [0, 0.05) is 11.6 Å². The fourth-order valence-electron chi connectivity index (χ4n) is 1.94. The van der Waals surface area contributed by atoms with Gasteiger partial charge in [0.05, 0.1) is 6.04 Å². The molecule has 15 heavy (non-hydrogen) atoms. The van der Waals surface area contributed by atoms with Crippen LogP contribution in [0.3, 0.4) is 0 Å². The summed E-state index contributed by atoms with van der Waals surface area (Å²) in [5.41, 5.74) is 1.11. The average Bonchev–Trinajstić information content (AvgIpc) is 2.28. The van der Waals surface area contributed by atoms with Gasteiger partial charge in [-0.05, 0) is 38.3 Å². The highest BCUT2D eigenvalue weighted by atomic mass is 14.9. The van der Waals surface area contributed by atoms with Gasteiger partial charge < -0.3 is 5.32 Å². The van der Waals surface area contributed by atoms with Crippen molar-refractivity contribution >= 4 is 0 Å². The molecule has 1 heterocycles. The van der Waals surface area contributed by atoms with Crippen molar-refractivity contribution < 1.29 is 0 Å². The molecular weight excluding hydrogens is 182 g/mol. The summed E-state index contributed by atoms with van der Waals surface area (Å²) in [5, 5.41) is 3.51. The Hall–Kier alpha value is -1.26. The van der Waals surface area contributed by atoms with Crippen LogP contribution in [0.2, 0.25) is 0 Å². The fourth-order valence-corrected chi connectivity index (χ4v) is 1.94. The Bertz CT molecular complexity index is 358. The van der Waals surface area contributed by atoms with Gasteiger partial charge in [-0.15, -0.1) is 0 Å². The lowest BCUT2D eigenvalue weighted by molar-refractivity contribution is 0.382. The van der Waals surface area contributed by atoms with E-state index in [4.69, 9.17) is 0 Å². The van der Waals surface area contributed by atoms with Crippen LogP contribution in [0.25, 0.3) is 0 Å². The van der Waals surface area contributed by atoms with Crippen molar-refractivity contribution in [2.45, 2.75) is 38.3 Å². The van der Waals surface area contributed by atoms with Gasteiger partial charge in [0.2, 0.25) is 0 Å². The van der Waals surface area contributed by atoms with E-state index in [1.54, 1.807) is 0 Å². The number of hydrogen-bond donors (Lipinski definition) is 1. The molecule has 1 aromatic carbocycles. The smallest absolute Gasteiger partial charge is 0.0695 e. The number of benzene rings is 1. The average molecular weight is 199 g/mol. The number of piperidine rings is 1.